The van der Waals surface area contributed by atoms with Crippen LogP contribution in [-0.2, 0) is 9.47 Å². The first kappa shape index (κ1) is 22.2. The molecule has 4 rings (SSSR count). The van der Waals surface area contributed by atoms with Crippen LogP contribution in [0.5, 0.6) is 5.75 Å². The summed E-state index contributed by atoms with van der Waals surface area (Å²) in [6.07, 6.45) is 1.14. The van der Waals surface area contributed by atoms with E-state index < -0.39 is 17.9 Å². The minimum Gasteiger partial charge on any atom is -0.500 e. The first-order chi connectivity index (χ1) is 15.5. The van der Waals surface area contributed by atoms with E-state index in [1.54, 1.807) is 36.4 Å². The summed E-state index contributed by atoms with van der Waals surface area (Å²) in [5.74, 6) is -2.84. The molecule has 32 heavy (non-hydrogen) atoms. The molecular weight excluding hydrogens is 416 g/mol. The topological polar surface area (TPSA) is 27.7 Å². The van der Waals surface area contributed by atoms with E-state index in [2.05, 4.69) is 6.58 Å². The fourth-order valence-corrected chi connectivity index (χ4v) is 3.65. The van der Waals surface area contributed by atoms with Crippen LogP contribution < -0.4 is 4.74 Å². The van der Waals surface area contributed by atoms with Crippen LogP contribution in [0.2, 0.25) is 0 Å². The minimum absolute atomic E-state index is 0.0683. The Labute approximate surface area is 185 Å². The molecular formula is C25H20BF3O3. The van der Waals surface area contributed by atoms with E-state index in [4.69, 9.17) is 22.1 Å². The summed E-state index contributed by atoms with van der Waals surface area (Å²) in [6.45, 7) is 4.20. The smallest absolute Gasteiger partial charge is 0.201 e. The molecule has 0 unspecified atom stereocenters. The van der Waals surface area contributed by atoms with Crippen LogP contribution in [-0.4, -0.2) is 33.9 Å². The number of benzene rings is 3. The molecule has 3 aromatic rings. The summed E-state index contributed by atoms with van der Waals surface area (Å²) in [4.78, 5) is 0. The van der Waals surface area contributed by atoms with Crippen molar-refractivity contribution in [2.24, 2.45) is 0 Å². The van der Waals surface area contributed by atoms with Gasteiger partial charge in [0.2, 0.25) is 5.82 Å². The highest BCUT2D eigenvalue weighted by Crippen LogP contribution is 2.33. The van der Waals surface area contributed by atoms with Crippen LogP contribution in [0.4, 0.5) is 13.2 Å². The lowest BCUT2D eigenvalue weighted by Crippen LogP contribution is -2.29. The highest BCUT2D eigenvalue weighted by atomic mass is 19.2. The number of ether oxygens (including phenoxy) is 3. The van der Waals surface area contributed by atoms with E-state index in [0.717, 1.165) is 5.56 Å². The molecule has 0 aliphatic carbocycles. The van der Waals surface area contributed by atoms with Crippen molar-refractivity contribution in [1.82, 2.24) is 0 Å². The molecule has 7 heteroatoms. The van der Waals surface area contributed by atoms with Crippen LogP contribution in [0.15, 0.2) is 67.3 Å². The number of hydrogen-bond donors (Lipinski definition) is 0. The van der Waals surface area contributed by atoms with Gasteiger partial charge >= 0.3 is 0 Å². The van der Waals surface area contributed by atoms with Crippen molar-refractivity contribution < 1.29 is 27.4 Å². The molecule has 1 aliphatic heterocycles. The maximum Gasteiger partial charge on any atom is 0.201 e. The lowest BCUT2D eigenvalue weighted by Gasteiger charge is -2.28. The van der Waals surface area contributed by atoms with Gasteiger partial charge in [-0.05, 0) is 41.0 Å². The van der Waals surface area contributed by atoms with Gasteiger partial charge in [0.25, 0.3) is 0 Å². The quantitative estimate of drug-likeness (QED) is 0.373. The zero-order chi connectivity index (χ0) is 22.7. The summed E-state index contributed by atoms with van der Waals surface area (Å²) in [5.41, 5.74) is 2.33. The van der Waals surface area contributed by atoms with Crippen molar-refractivity contribution in [2.75, 3.05) is 19.7 Å². The molecule has 1 heterocycles. The molecule has 1 aliphatic rings. The van der Waals surface area contributed by atoms with Gasteiger partial charge in [0, 0.05) is 23.6 Å². The summed E-state index contributed by atoms with van der Waals surface area (Å²) >= 11 is 0. The first-order valence-electron chi connectivity index (χ1n) is 10.1. The zero-order valence-electron chi connectivity index (χ0n) is 17.2. The lowest BCUT2D eigenvalue weighted by molar-refractivity contribution is -0.159. The third-order valence-electron chi connectivity index (χ3n) is 5.37. The van der Waals surface area contributed by atoms with Gasteiger partial charge in [-0.1, -0.05) is 43.0 Å². The molecule has 0 atom stereocenters. The van der Waals surface area contributed by atoms with E-state index in [1.807, 2.05) is 6.07 Å². The van der Waals surface area contributed by atoms with Crippen LogP contribution in [0.3, 0.4) is 0 Å². The van der Waals surface area contributed by atoms with Gasteiger partial charge in [-0.25, -0.2) is 8.78 Å². The molecule has 0 bridgehead atoms. The third kappa shape index (κ3) is 4.45. The van der Waals surface area contributed by atoms with Gasteiger partial charge in [0.1, 0.15) is 13.7 Å². The summed E-state index contributed by atoms with van der Waals surface area (Å²) in [5, 5.41) is 0. The van der Waals surface area contributed by atoms with E-state index in [-0.39, 0.29) is 29.6 Å². The monoisotopic (exact) mass is 436 g/mol. The van der Waals surface area contributed by atoms with E-state index in [9.17, 15) is 13.2 Å². The Balaban J connectivity index is 1.55. The first-order valence-corrected chi connectivity index (χ1v) is 10.1. The lowest BCUT2D eigenvalue weighted by atomic mass is 9.95. The molecule has 2 radical (unpaired) electrons. The number of halogens is 3. The Morgan fingerprint density at radius 3 is 2.12 bits per heavy atom. The highest BCUT2D eigenvalue weighted by molar-refractivity contribution is 6.08. The SMILES string of the molecule is [B]COc1ccc(-c2ccc(-c3ccc(C4COC(C=C)OC4)cc3F)cc2)c(F)c1F. The van der Waals surface area contributed by atoms with Crippen molar-refractivity contribution in [3.63, 3.8) is 0 Å². The highest BCUT2D eigenvalue weighted by Gasteiger charge is 2.22. The van der Waals surface area contributed by atoms with E-state index >= 15 is 0 Å². The average Bonchev–Trinajstić information content (AvgIpc) is 2.82. The normalized spacial score (nSPS) is 18.3. The van der Waals surface area contributed by atoms with Gasteiger partial charge in [-0.15, -0.1) is 0 Å². The Morgan fingerprint density at radius 2 is 1.53 bits per heavy atom. The van der Waals surface area contributed by atoms with Gasteiger partial charge in [-0.3, -0.25) is 0 Å². The Hall–Kier alpha value is -3.03. The summed E-state index contributed by atoms with van der Waals surface area (Å²) < 4.78 is 59.3. The van der Waals surface area contributed by atoms with Crippen LogP contribution >= 0.6 is 0 Å². The standard InChI is InChI=1S/C25H20BF3O3/c1-2-23-30-12-18(13-31-23)17-7-8-19(21(27)11-17)15-3-5-16(6-4-15)20-9-10-22(32-14-26)25(29)24(20)28/h2-11,18,23H,1,12-14H2. The maximum atomic E-state index is 14.9. The van der Waals surface area contributed by atoms with Gasteiger partial charge in [0.15, 0.2) is 17.9 Å². The van der Waals surface area contributed by atoms with E-state index in [1.165, 1.54) is 18.2 Å². The second-order valence-electron chi connectivity index (χ2n) is 7.33. The fourth-order valence-electron chi connectivity index (χ4n) is 3.65. The Morgan fingerprint density at radius 1 is 0.906 bits per heavy atom. The predicted molar refractivity (Wildman–Crippen MR) is 117 cm³/mol. The number of hydrogen-bond acceptors (Lipinski definition) is 3. The molecule has 0 amide bonds. The fraction of sp³-hybridized carbons (Fsp3) is 0.200. The third-order valence-corrected chi connectivity index (χ3v) is 5.37. The maximum absolute atomic E-state index is 14.9. The molecule has 0 N–H and O–H groups in total. The van der Waals surface area contributed by atoms with Crippen LogP contribution in [0, 0.1) is 17.5 Å². The molecule has 1 fully saturated rings. The summed E-state index contributed by atoms with van der Waals surface area (Å²) in [6, 6.07) is 14.3. The second-order valence-corrected chi connectivity index (χ2v) is 7.33. The Bertz CT molecular complexity index is 1110. The molecule has 0 aromatic heterocycles. The van der Waals surface area contributed by atoms with E-state index in [0.29, 0.717) is 29.9 Å². The molecule has 162 valence electrons. The summed E-state index contributed by atoms with van der Waals surface area (Å²) in [7, 11) is 5.22. The molecule has 3 aromatic carbocycles. The van der Waals surface area contributed by atoms with Gasteiger partial charge in [0.05, 0.1) is 13.2 Å². The van der Waals surface area contributed by atoms with Crippen molar-refractivity contribution in [3.05, 3.63) is 90.3 Å². The molecule has 1 saturated heterocycles. The molecule has 3 nitrogen and oxygen atoms in total. The second kappa shape index (κ2) is 9.63. The van der Waals surface area contributed by atoms with Crippen molar-refractivity contribution >= 4 is 7.85 Å². The van der Waals surface area contributed by atoms with Crippen LogP contribution in [0.1, 0.15) is 11.5 Å². The van der Waals surface area contributed by atoms with Crippen LogP contribution in [0.25, 0.3) is 22.3 Å². The average molecular weight is 436 g/mol. The van der Waals surface area contributed by atoms with Crippen molar-refractivity contribution in [3.8, 4) is 28.0 Å². The van der Waals surface area contributed by atoms with Gasteiger partial charge in [-0.2, -0.15) is 4.39 Å². The largest absolute Gasteiger partial charge is 0.500 e. The predicted octanol–water partition coefficient (Wildman–Crippen LogP) is 5.59. The zero-order valence-corrected chi connectivity index (χ0v) is 17.2. The minimum atomic E-state index is -1.10. The Kier molecular flexibility index (Phi) is 6.67. The van der Waals surface area contributed by atoms with Crippen molar-refractivity contribution in [1.29, 1.82) is 0 Å². The molecule has 0 spiro atoms. The van der Waals surface area contributed by atoms with Gasteiger partial charge < -0.3 is 14.2 Å². The number of rotatable bonds is 6. The van der Waals surface area contributed by atoms with Crippen molar-refractivity contribution in [2.45, 2.75) is 12.2 Å². The molecule has 0 saturated carbocycles.